The van der Waals surface area contributed by atoms with Crippen LogP contribution in [0.2, 0.25) is 0 Å². The van der Waals surface area contributed by atoms with Crippen LogP contribution in [0.5, 0.6) is 0 Å². The van der Waals surface area contributed by atoms with Crippen LogP contribution in [0.3, 0.4) is 0 Å². The van der Waals surface area contributed by atoms with Crippen molar-refractivity contribution in [1.82, 2.24) is 0 Å². The third kappa shape index (κ3) is 49.7. The minimum atomic E-state index is -0.763. The van der Waals surface area contributed by atoms with Crippen LogP contribution in [-0.2, 0) is 28.6 Å². The SMILES string of the molecule is CCCCCCCCCCCCCCCCCCC(=O)OC[C@H](COC(=O)CCCCCCCCCCCCC(C)CC)OC(=O)CCCCCCCCCCCCCCC(C)C. The second-order valence-corrected chi connectivity index (χ2v) is 20.3. The molecule has 374 valence electrons. The van der Waals surface area contributed by atoms with Crippen LogP contribution in [0.25, 0.3) is 0 Å². The van der Waals surface area contributed by atoms with Gasteiger partial charge in [-0.1, -0.05) is 279 Å². The lowest BCUT2D eigenvalue weighted by molar-refractivity contribution is -0.167. The van der Waals surface area contributed by atoms with E-state index in [1.54, 1.807) is 0 Å². The first-order valence-corrected chi connectivity index (χ1v) is 28.3. The van der Waals surface area contributed by atoms with Crippen LogP contribution in [0, 0.1) is 11.8 Å². The number of unbranched alkanes of at least 4 members (excludes halogenated alkanes) is 35. The van der Waals surface area contributed by atoms with Crippen LogP contribution in [0.1, 0.15) is 317 Å². The molecule has 0 aliphatic heterocycles. The largest absolute Gasteiger partial charge is 0.462 e. The van der Waals surface area contributed by atoms with Gasteiger partial charge < -0.3 is 14.2 Å². The average Bonchev–Trinajstić information content (AvgIpc) is 3.27. The summed E-state index contributed by atoms with van der Waals surface area (Å²) in [5.74, 6) is 0.860. The van der Waals surface area contributed by atoms with Gasteiger partial charge in [-0.3, -0.25) is 14.4 Å². The maximum absolute atomic E-state index is 12.8. The number of hydrogen-bond donors (Lipinski definition) is 0. The fourth-order valence-electron chi connectivity index (χ4n) is 8.66. The predicted molar refractivity (Wildman–Crippen MR) is 270 cm³/mol. The topological polar surface area (TPSA) is 78.9 Å². The molecule has 0 fully saturated rings. The van der Waals surface area contributed by atoms with E-state index in [4.69, 9.17) is 14.2 Å². The van der Waals surface area contributed by atoms with E-state index in [1.807, 2.05) is 0 Å². The summed E-state index contributed by atoms with van der Waals surface area (Å²) in [5.41, 5.74) is 0. The Hall–Kier alpha value is -1.59. The molecule has 0 heterocycles. The third-order valence-corrected chi connectivity index (χ3v) is 13.3. The van der Waals surface area contributed by atoms with Crippen molar-refractivity contribution in [3.63, 3.8) is 0 Å². The Labute approximate surface area is 393 Å². The second-order valence-electron chi connectivity index (χ2n) is 20.3. The summed E-state index contributed by atoms with van der Waals surface area (Å²) >= 11 is 0. The first kappa shape index (κ1) is 61.4. The molecule has 0 aromatic heterocycles. The predicted octanol–water partition coefficient (Wildman–Crippen LogP) is 18.5. The molecule has 0 bridgehead atoms. The molecule has 0 spiro atoms. The van der Waals surface area contributed by atoms with E-state index < -0.39 is 6.10 Å². The maximum atomic E-state index is 12.8. The molecular formula is C57H110O6. The van der Waals surface area contributed by atoms with Crippen LogP contribution in [-0.4, -0.2) is 37.2 Å². The molecule has 0 rings (SSSR count). The highest BCUT2D eigenvalue weighted by Crippen LogP contribution is 2.18. The Bertz CT molecular complexity index is 964. The van der Waals surface area contributed by atoms with Gasteiger partial charge in [0.2, 0.25) is 0 Å². The molecule has 0 saturated carbocycles. The molecular weight excluding hydrogens is 781 g/mol. The Kier molecular flexibility index (Phi) is 48.6. The summed E-state index contributed by atoms with van der Waals surface area (Å²) in [6, 6.07) is 0. The van der Waals surface area contributed by atoms with Crippen molar-refractivity contribution in [1.29, 1.82) is 0 Å². The lowest BCUT2D eigenvalue weighted by Crippen LogP contribution is -2.30. The summed E-state index contributed by atoms with van der Waals surface area (Å²) in [6.07, 6.45) is 52.2. The van der Waals surface area contributed by atoms with Crippen molar-refractivity contribution in [3.05, 3.63) is 0 Å². The number of hydrogen-bond acceptors (Lipinski definition) is 6. The Morgan fingerprint density at radius 1 is 0.333 bits per heavy atom. The monoisotopic (exact) mass is 891 g/mol. The van der Waals surface area contributed by atoms with E-state index >= 15 is 0 Å². The zero-order valence-electron chi connectivity index (χ0n) is 43.2. The van der Waals surface area contributed by atoms with Gasteiger partial charge in [-0.2, -0.15) is 0 Å². The summed E-state index contributed by atoms with van der Waals surface area (Å²) in [6.45, 7) is 11.4. The number of rotatable bonds is 51. The fourth-order valence-corrected chi connectivity index (χ4v) is 8.66. The van der Waals surface area contributed by atoms with Gasteiger partial charge in [-0.05, 0) is 31.1 Å². The molecule has 1 unspecified atom stereocenters. The second kappa shape index (κ2) is 49.8. The molecule has 6 heteroatoms. The van der Waals surface area contributed by atoms with Gasteiger partial charge in [-0.25, -0.2) is 0 Å². The van der Waals surface area contributed by atoms with Gasteiger partial charge in [0.25, 0.3) is 0 Å². The van der Waals surface area contributed by atoms with Crippen LogP contribution in [0.4, 0.5) is 0 Å². The zero-order chi connectivity index (χ0) is 46.1. The quantitative estimate of drug-likeness (QED) is 0.0344. The summed E-state index contributed by atoms with van der Waals surface area (Å²) in [7, 11) is 0. The minimum Gasteiger partial charge on any atom is -0.462 e. The Morgan fingerprint density at radius 3 is 0.905 bits per heavy atom. The van der Waals surface area contributed by atoms with Gasteiger partial charge >= 0.3 is 17.9 Å². The van der Waals surface area contributed by atoms with Gasteiger partial charge in [0.15, 0.2) is 6.10 Å². The molecule has 6 nitrogen and oxygen atoms in total. The molecule has 0 aromatic carbocycles. The van der Waals surface area contributed by atoms with Gasteiger partial charge in [0.1, 0.15) is 13.2 Å². The van der Waals surface area contributed by atoms with Gasteiger partial charge in [-0.15, -0.1) is 0 Å². The van der Waals surface area contributed by atoms with E-state index in [2.05, 4.69) is 34.6 Å². The standard InChI is InChI=1S/C57H110O6/c1-6-8-9-10-11-12-13-14-15-16-17-21-27-32-37-42-47-55(58)61-50-54(51-62-56(59)48-43-38-33-28-24-23-26-31-36-41-46-53(5)7-2)63-57(60)49-44-39-34-29-22-19-18-20-25-30-35-40-45-52(3)4/h52-54H,6-51H2,1-5H3/t53?,54-/m1/s1. The number of esters is 3. The molecule has 0 aromatic rings. The molecule has 0 amide bonds. The van der Waals surface area contributed by atoms with Crippen LogP contribution >= 0.6 is 0 Å². The lowest BCUT2D eigenvalue weighted by Gasteiger charge is -2.18. The number of ether oxygens (including phenoxy) is 3. The molecule has 0 aliphatic rings. The lowest BCUT2D eigenvalue weighted by atomic mass is 9.99. The molecule has 0 aliphatic carbocycles. The van der Waals surface area contributed by atoms with Crippen molar-refractivity contribution in [2.24, 2.45) is 11.8 Å². The molecule has 0 saturated heterocycles. The minimum absolute atomic E-state index is 0.0630. The summed E-state index contributed by atoms with van der Waals surface area (Å²) in [4.78, 5) is 38.1. The molecule has 0 N–H and O–H groups in total. The Balaban J connectivity index is 4.31. The first-order valence-electron chi connectivity index (χ1n) is 28.3. The molecule has 63 heavy (non-hydrogen) atoms. The highest BCUT2D eigenvalue weighted by Gasteiger charge is 2.19. The van der Waals surface area contributed by atoms with Crippen molar-refractivity contribution in [2.45, 2.75) is 323 Å². The van der Waals surface area contributed by atoms with E-state index in [1.165, 1.54) is 205 Å². The fraction of sp³-hybridized carbons (Fsp3) is 0.947. The van der Waals surface area contributed by atoms with Crippen LogP contribution in [0.15, 0.2) is 0 Å². The van der Waals surface area contributed by atoms with Crippen molar-refractivity contribution < 1.29 is 28.6 Å². The van der Waals surface area contributed by atoms with E-state index in [0.29, 0.717) is 19.3 Å². The van der Waals surface area contributed by atoms with Crippen molar-refractivity contribution in [2.75, 3.05) is 13.2 Å². The van der Waals surface area contributed by atoms with E-state index in [9.17, 15) is 14.4 Å². The van der Waals surface area contributed by atoms with Crippen molar-refractivity contribution >= 4 is 17.9 Å². The zero-order valence-corrected chi connectivity index (χ0v) is 43.2. The summed E-state index contributed by atoms with van der Waals surface area (Å²) in [5, 5.41) is 0. The highest BCUT2D eigenvalue weighted by atomic mass is 16.6. The Morgan fingerprint density at radius 2 is 0.603 bits per heavy atom. The number of carbonyl (C=O) groups excluding carboxylic acids is 3. The third-order valence-electron chi connectivity index (χ3n) is 13.3. The average molecular weight is 892 g/mol. The van der Waals surface area contributed by atoms with Gasteiger partial charge in [0.05, 0.1) is 0 Å². The van der Waals surface area contributed by atoms with E-state index in [-0.39, 0.29) is 31.1 Å². The normalized spacial score (nSPS) is 12.5. The first-order chi connectivity index (χ1) is 30.8. The smallest absolute Gasteiger partial charge is 0.306 e. The highest BCUT2D eigenvalue weighted by molar-refractivity contribution is 5.71. The van der Waals surface area contributed by atoms with Gasteiger partial charge in [0, 0.05) is 19.3 Å². The summed E-state index contributed by atoms with van der Waals surface area (Å²) < 4.78 is 16.9. The maximum Gasteiger partial charge on any atom is 0.306 e. The van der Waals surface area contributed by atoms with Crippen LogP contribution < -0.4 is 0 Å². The molecule has 2 atom stereocenters. The van der Waals surface area contributed by atoms with E-state index in [0.717, 1.165) is 69.6 Å². The molecule has 0 radical (unpaired) electrons. The van der Waals surface area contributed by atoms with Crippen molar-refractivity contribution in [3.8, 4) is 0 Å². The number of carbonyl (C=O) groups is 3.